The molecule has 0 spiro atoms. The molecule has 6 nitrogen and oxygen atoms in total. The number of esters is 2. The summed E-state index contributed by atoms with van der Waals surface area (Å²) in [5, 5.41) is 3.00. The quantitative estimate of drug-likeness (QED) is 0.285. The predicted octanol–water partition coefficient (Wildman–Crippen LogP) is 2.18. The fourth-order valence-corrected chi connectivity index (χ4v) is 1.56. The predicted molar refractivity (Wildman–Crippen MR) is 77.2 cm³/mol. The average molecular weight is 312 g/mol. The highest BCUT2D eigenvalue weighted by atomic mass is 35.5. The number of methoxy groups -OCH3 is 1. The van der Waals surface area contributed by atoms with E-state index in [9.17, 15) is 14.4 Å². The second-order valence-electron chi connectivity index (χ2n) is 3.77. The van der Waals surface area contributed by atoms with Gasteiger partial charge in [0.15, 0.2) is 6.29 Å². The number of aldehydes is 1. The van der Waals surface area contributed by atoms with Crippen LogP contribution in [0.25, 0.3) is 0 Å². The standard InChI is InChI=1S/C14H14ClNO5/c1-3-21-14(19)10(8-17)7-16-12-6-9(13(18)20-2)4-5-11(12)15/h4-8,16H,3H2,1-2H3/b10-7+. The minimum atomic E-state index is -0.750. The largest absolute Gasteiger partial charge is 0.465 e. The lowest BCUT2D eigenvalue weighted by Gasteiger charge is -2.07. The van der Waals surface area contributed by atoms with Gasteiger partial charge < -0.3 is 14.8 Å². The van der Waals surface area contributed by atoms with E-state index in [4.69, 9.17) is 16.3 Å². The van der Waals surface area contributed by atoms with Gasteiger partial charge in [-0.2, -0.15) is 0 Å². The highest BCUT2D eigenvalue weighted by molar-refractivity contribution is 6.33. The summed E-state index contributed by atoms with van der Waals surface area (Å²) in [7, 11) is 1.26. The van der Waals surface area contributed by atoms with E-state index in [0.29, 0.717) is 17.0 Å². The number of hydrogen-bond acceptors (Lipinski definition) is 6. The maximum Gasteiger partial charge on any atom is 0.342 e. The molecule has 0 unspecified atom stereocenters. The lowest BCUT2D eigenvalue weighted by atomic mass is 10.2. The summed E-state index contributed by atoms with van der Waals surface area (Å²) in [5.74, 6) is -1.28. The monoisotopic (exact) mass is 311 g/mol. The van der Waals surface area contributed by atoms with Crippen LogP contribution < -0.4 is 5.32 Å². The number of carbonyl (C=O) groups excluding carboxylic acids is 3. The zero-order chi connectivity index (χ0) is 15.8. The molecule has 0 radical (unpaired) electrons. The zero-order valence-electron chi connectivity index (χ0n) is 11.5. The van der Waals surface area contributed by atoms with Crippen molar-refractivity contribution in [2.24, 2.45) is 0 Å². The van der Waals surface area contributed by atoms with Crippen LogP contribution in [-0.2, 0) is 19.1 Å². The van der Waals surface area contributed by atoms with E-state index in [-0.39, 0.29) is 17.7 Å². The number of halogens is 1. The zero-order valence-corrected chi connectivity index (χ0v) is 12.3. The molecule has 0 aliphatic heterocycles. The summed E-state index contributed by atoms with van der Waals surface area (Å²) in [6.45, 7) is 1.78. The minimum Gasteiger partial charge on any atom is -0.465 e. The Kier molecular flexibility index (Phi) is 6.42. The lowest BCUT2D eigenvalue weighted by molar-refractivity contribution is -0.139. The SMILES string of the molecule is CCOC(=O)/C(C=O)=C/Nc1cc(C(=O)OC)ccc1Cl. The Morgan fingerprint density at radius 2 is 2.10 bits per heavy atom. The summed E-state index contributed by atoms with van der Waals surface area (Å²) in [4.78, 5) is 33.7. The highest BCUT2D eigenvalue weighted by Crippen LogP contribution is 2.23. The van der Waals surface area contributed by atoms with Crippen molar-refractivity contribution in [3.63, 3.8) is 0 Å². The Morgan fingerprint density at radius 3 is 2.67 bits per heavy atom. The summed E-state index contributed by atoms with van der Waals surface area (Å²) in [6.07, 6.45) is 1.52. The number of benzene rings is 1. The van der Waals surface area contributed by atoms with E-state index in [1.54, 1.807) is 6.92 Å². The topological polar surface area (TPSA) is 81.7 Å². The Bertz CT molecular complexity index is 583. The molecule has 7 heteroatoms. The third kappa shape index (κ3) is 4.61. The second-order valence-corrected chi connectivity index (χ2v) is 4.18. The van der Waals surface area contributed by atoms with Crippen molar-refractivity contribution >= 4 is 35.5 Å². The minimum absolute atomic E-state index is 0.155. The van der Waals surface area contributed by atoms with Crippen LogP contribution in [0.5, 0.6) is 0 Å². The first-order chi connectivity index (χ1) is 10.0. The van der Waals surface area contributed by atoms with Gasteiger partial charge in [-0.3, -0.25) is 4.79 Å². The van der Waals surface area contributed by atoms with Crippen LogP contribution in [0.15, 0.2) is 30.0 Å². The van der Waals surface area contributed by atoms with E-state index in [1.165, 1.54) is 25.3 Å². The smallest absolute Gasteiger partial charge is 0.342 e. The summed E-state index contributed by atoms with van der Waals surface area (Å²) >= 11 is 5.96. The molecule has 0 saturated heterocycles. The summed E-state index contributed by atoms with van der Waals surface area (Å²) in [6, 6.07) is 4.43. The van der Waals surface area contributed by atoms with Gasteiger partial charge in [0.2, 0.25) is 0 Å². The van der Waals surface area contributed by atoms with Crippen molar-refractivity contribution in [2.75, 3.05) is 19.0 Å². The molecule has 1 rings (SSSR count). The van der Waals surface area contributed by atoms with E-state index < -0.39 is 11.9 Å². The van der Waals surface area contributed by atoms with Crippen LogP contribution in [-0.4, -0.2) is 31.9 Å². The molecule has 0 aliphatic carbocycles. The van der Waals surface area contributed by atoms with E-state index >= 15 is 0 Å². The van der Waals surface area contributed by atoms with Gasteiger partial charge in [0.25, 0.3) is 0 Å². The van der Waals surface area contributed by atoms with Gasteiger partial charge in [0.1, 0.15) is 5.57 Å². The van der Waals surface area contributed by atoms with Gasteiger partial charge in [-0.05, 0) is 25.1 Å². The molecule has 0 aliphatic rings. The van der Waals surface area contributed by atoms with Crippen molar-refractivity contribution < 1.29 is 23.9 Å². The fraction of sp³-hybridized carbons (Fsp3) is 0.214. The number of rotatable bonds is 6. The van der Waals surface area contributed by atoms with Crippen LogP contribution in [0.2, 0.25) is 5.02 Å². The van der Waals surface area contributed by atoms with E-state index in [1.807, 2.05) is 0 Å². The number of ether oxygens (including phenoxy) is 2. The Labute approximate surface area is 126 Å². The van der Waals surface area contributed by atoms with Crippen LogP contribution in [0.4, 0.5) is 5.69 Å². The maximum absolute atomic E-state index is 11.4. The van der Waals surface area contributed by atoms with Gasteiger partial charge in [-0.15, -0.1) is 0 Å². The number of nitrogens with one attached hydrogen (secondary N) is 1. The van der Waals surface area contributed by atoms with Gasteiger partial charge in [-0.1, -0.05) is 11.6 Å². The molecule has 112 valence electrons. The van der Waals surface area contributed by atoms with Crippen LogP contribution >= 0.6 is 11.6 Å². The maximum atomic E-state index is 11.4. The van der Waals surface area contributed by atoms with Crippen molar-refractivity contribution in [1.82, 2.24) is 0 Å². The lowest BCUT2D eigenvalue weighted by Crippen LogP contribution is -2.10. The molecular formula is C14H14ClNO5. The van der Waals surface area contributed by atoms with Crippen LogP contribution in [0.3, 0.4) is 0 Å². The molecule has 0 saturated carbocycles. The third-order valence-electron chi connectivity index (χ3n) is 2.41. The molecule has 0 heterocycles. The Balaban J connectivity index is 2.98. The Hall–Kier alpha value is -2.34. The first-order valence-corrected chi connectivity index (χ1v) is 6.38. The molecule has 0 fully saturated rings. The second kappa shape index (κ2) is 8.06. The van der Waals surface area contributed by atoms with Crippen LogP contribution in [0, 0.1) is 0 Å². The highest BCUT2D eigenvalue weighted by Gasteiger charge is 2.11. The number of anilines is 1. The third-order valence-corrected chi connectivity index (χ3v) is 2.74. The van der Waals surface area contributed by atoms with Crippen molar-refractivity contribution in [3.05, 3.63) is 40.6 Å². The van der Waals surface area contributed by atoms with Crippen molar-refractivity contribution in [2.45, 2.75) is 6.92 Å². The summed E-state index contributed by atoms with van der Waals surface area (Å²) in [5.41, 5.74) is 0.432. The number of carbonyl (C=O) groups is 3. The van der Waals surface area contributed by atoms with Gasteiger partial charge >= 0.3 is 11.9 Å². The van der Waals surface area contributed by atoms with E-state index in [2.05, 4.69) is 10.1 Å². The van der Waals surface area contributed by atoms with Crippen LogP contribution in [0.1, 0.15) is 17.3 Å². The van der Waals surface area contributed by atoms with Gasteiger partial charge in [0, 0.05) is 6.20 Å². The first kappa shape index (κ1) is 16.7. The van der Waals surface area contributed by atoms with Crippen molar-refractivity contribution in [3.8, 4) is 0 Å². The fourth-order valence-electron chi connectivity index (χ4n) is 1.39. The molecule has 0 amide bonds. The molecule has 1 aromatic rings. The number of hydrogen-bond donors (Lipinski definition) is 1. The summed E-state index contributed by atoms with van der Waals surface area (Å²) < 4.78 is 9.30. The molecule has 1 N–H and O–H groups in total. The molecule has 0 aromatic heterocycles. The molecule has 0 bridgehead atoms. The van der Waals surface area contributed by atoms with Gasteiger partial charge in [-0.25, -0.2) is 9.59 Å². The molecule has 1 aromatic carbocycles. The van der Waals surface area contributed by atoms with Gasteiger partial charge in [0.05, 0.1) is 30.0 Å². The van der Waals surface area contributed by atoms with Crippen molar-refractivity contribution in [1.29, 1.82) is 0 Å². The molecule has 0 atom stereocenters. The Morgan fingerprint density at radius 1 is 1.38 bits per heavy atom. The first-order valence-electron chi connectivity index (χ1n) is 6.00. The normalized spacial score (nSPS) is 10.7. The van der Waals surface area contributed by atoms with E-state index in [0.717, 1.165) is 6.20 Å². The molecular weight excluding hydrogens is 298 g/mol. The molecule has 21 heavy (non-hydrogen) atoms. The average Bonchev–Trinajstić information content (AvgIpc) is 2.49.